The molecule has 4 rings (SSSR count). The highest BCUT2D eigenvalue weighted by Crippen LogP contribution is 2.45. The molecule has 0 bridgehead atoms. The van der Waals surface area contributed by atoms with Crippen molar-refractivity contribution in [3.63, 3.8) is 0 Å². The first kappa shape index (κ1) is 18.3. The van der Waals surface area contributed by atoms with Crippen LogP contribution in [0.1, 0.15) is 28.3 Å². The number of carbonyl (C=O) groups is 2. The van der Waals surface area contributed by atoms with Crippen molar-refractivity contribution < 1.29 is 19.1 Å². The molecular formula is C21H23N3O4. The van der Waals surface area contributed by atoms with Gasteiger partial charge >= 0.3 is 0 Å². The number of nitrogens with one attached hydrogen (secondary N) is 2. The highest BCUT2D eigenvalue weighted by Gasteiger charge is 2.34. The SMILES string of the molecule is COc1ccc2c(c1OC)CN1CCc3cc(NC=O)c(NC=O)cc3C1C2. The molecule has 0 aromatic heterocycles. The fraction of sp³-hybridized carbons (Fsp3) is 0.333. The quantitative estimate of drug-likeness (QED) is 0.752. The van der Waals surface area contributed by atoms with E-state index < -0.39 is 0 Å². The van der Waals surface area contributed by atoms with Crippen molar-refractivity contribution in [1.82, 2.24) is 4.90 Å². The van der Waals surface area contributed by atoms with Gasteiger partial charge in [-0.25, -0.2) is 0 Å². The van der Waals surface area contributed by atoms with Gasteiger partial charge in [-0.1, -0.05) is 6.07 Å². The minimum atomic E-state index is 0.215. The van der Waals surface area contributed by atoms with Crippen LogP contribution >= 0.6 is 0 Å². The number of ether oxygens (including phenoxy) is 2. The van der Waals surface area contributed by atoms with Crippen LogP contribution in [0.15, 0.2) is 24.3 Å². The summed E-state index contributed by atoms with van der Waals surface area (Å²) in [6.45, 7) is 1.70. The summed E-state index contributed by atoms with van der Waals surface area (Å²) < 4.78 is 11.1. The third-order valence-corrected chi connectivity index (χ3v) is 5.70. The lowest BCUT2D eigenvalue weighted by molar-refractivity contribution is -0.106. The smallest absolute Gasteiger partial charge is 0.211 e. The molecule has 0 fully saturated rings. The van der Waals surface area contributed by atoms with Crippen LogP contribution in [0.2, 0.25) is 0 Å². The van der Waals surface area contributed by atoms with Crippen molar-refractivity contribution in [2.45, 2.75) is 25.4 Å². The number of fused-ring (bicyclic) bond motifs is 4. The van der Waals surface area contributed by atoms with E-state index in [-0.39, 0.29) is 6.04 Å². The van der Waals surface area contributed by atoms with E-state index in [9.17, 15) is 9.59 Å². The van der Waals surface area contributed by atoms with Gasteiger partial charge in [-0.2, -0.15) is 0 Å². The fourth-order valence-corrected chi connectivity index (χ4v) is 4.41. The number of hydrogen-bond donors (Lipinski definition) is 2. The highest BCUT2D eigenvalue weighted by atomic mass is 16.5. The summed E-state index contributed by atoms with van der Waals surface area (Å²) in [6.07, 6.45) is 2.99. The molecule has 0 saturated heterocycles. The Morgan fingerprint density at radius 1 is 1.04 bits per heavy atom. The molecule has 1 unspecified atom stereocenters. The monoisotopic (exact) mass is 381 g/mol. The van der Waals surface area contributed by atoms with Gasteiger partial charge in [-0.05, 0) is 47.7 Å². The highest BCUT2D eigenvalue weighted by molar-refractivity contribution is 5.87. The van der Waals surface area contributed by atoms with Gasteiger partial charge < -0.3 is 20.1 Å². The Balaban J connectivity index is 1.75. The molecule has 146 valence electrons. The van der Waals surface area contributed by atoms with Crippen molar-refractivity contribution >= 4 is 24.2 Å². The van der Waals surface area contributed by atoms with Gasteiger partial charge in [0.05, 0.1) is 25.6 Å². The van der Waals surface area contributed by atoms with E-state index >= 15 is 0 Å². The Kier molecular flexibility index (Phi) is 4.92. The Morgan fingerprint density at radius 3 is 2.46 bits per heavy atom. The van der Waals surface area contributed by atoms with Crippen molar-refractivity contribution in [3.8, 4) is 11.5 Å². The van der Waals surface area contributed by atoms with Gasteiger partial charge in [0.2, 0.25) is 12.8 Å². The topological polar surface area (TPSA) is 79.9 Å². The van der Waals surface area contributed by atoms with Crippen LogP contribution in [0.4, 0.5) is 11.4 Å². The summed E-state index contributed by atoms with van der Waals surface area (Å²) in [5.41, 5.74) is 6.04. The number of benzene rings is 2. The maximum atomic E-state index is 11.0. The largest absolute Gasteiger partial charge is 0.493 e. The Bertz CT molecular complexity index is 928. The lowest BCUT2D eigenvalue weighted by atomic mass is 9.83. The molecule has 2 aliphatic heterocycles. The fourth-order valence-electron chi connectivity index (χ4n) is 4.41. The van der Waals surface area contributed by atoms with E-state index in [0.717, 1.165) is 37.4 Å². The van der Waals surface area contributed by atoms with Gasteiger partial charge in [0, 0.05) is 24.7 Å². The molecule has 0 spiro atoms. The molecular weight excluding hydrogens is 358 g/mol. The molecule has 0 radical (unpaired) electrons. The summed E-state index contributed by atoms with van der Waals surface area (Å²) in [5, 5.41) is 5.38. The Hall–Kier alpha value is -3.06. The van der Waals surface area contributed by atoms with Gasteiger partial charge in [-0.3, -0.25) is 14.5 Å². The molecule has 1 atom stereocenters. The molecule has 7 heteroatoms. The summed E-state index contributed by atoms with van der Waals surface area (Å²) in [6, 6.07) is 8.23. The van der Waals surface area contributed by atoms with Crippen LogP contribution in [0.25, 0.3) is 0 Å². The summed E-state index contributed by atoms with van der Waals surface area (Å²) >= 11 is 0. The van der Waals surface area contributed by atoms with Crippen LogP contribution in [0.5, 0.6) is 11.5 Å². The molecule has 0 saturated carbocycles. The van der Waals surface area contributed by atoms with Gasteiger partial charge in [0.25, 0.3) is 0 Å². The lowest BCUT2D eigenvalue weighted by Gasteiger charge is -2.42. The lowest BCUT2D eigenvalue weighted by Crippen LogP contribution is -2.39. The Labute approximate surface area is 163 Å². The number of methoxy groups -OCH3 is 2. The average Bonchev–Trinajstić information content (AvgIpc) is 2.72. The zero-order valence-electron chi connectivity index (χ0n) is 16.0. The van der Waals surface area contributed by atoms with Crippen molar-refractivity contribution in [1.29, 1.82) is 0 Å². The second kappa shape index (κ2) is 7.52. The third kappa shape index (κ3) is 2.97. The van der Waals surface area contributed by atoms with E-state index in [1.54, 1.807) is 14.2 Å². The van der Waals surface area contributed by atoms with E-state index in [2.05, 4.69) is 21.6 Å². The van der Waals surface area contributed by atoms with Crippen molar-refractivity contribution in [3.05, 3.63) is 46.5 Å². The minimum Gasteiger partial charge on any atom is -0.493 e. The maximum Gasteiger partial charge on any atom is 0.211 e. The second-order valence-corrected chi connectivity index (χ2v) is 7.00. The van der Waals surface area contributed by atoms with E-state index in [1.807, 2.05) is 18.2 Å². The molecule has 2 aliphatic rings. The molecule has 2 aromatic carbocycles. The van der Waals surface area contributed by atoms with E-state index in [0.29, 0.717) is 24.2 Å². The van der Waals surface area contributed by atoms with Gasteiger partial charge in [0.1, 0.15) is 0 Å². The van der Waals surface area contributed by atoms with Crippen molar-refractivity contribution in [2.75, 3.05) is 31.4 Å². The number of rotatable bonds is 6. The number of anilines is 2. The molecule has 2 heterocycles. The zero-order valence-corrected chi connectivity index (χ0v) is 16.0. The van der Waals surface area contributed by atoms with Crippen LogP contribution in [0, 0.1) is 0 Å². The van der Waals surface area contributed by atoms with Crippen LogP contribution < -0.4 is 20.1 Å². The molecule has 0 aliphatic carbocycles. The normalized spacial score (nSPS) is 17.6. The van der Waals surface area contributed by atoms with Crippen LogP contribution in [-0.2, 0) is 29.0 Å². The van der Waals surface area contributed by atoms with Gasteiger partial charge in [0.15, 0.2) is 11.5 Å². The third-order valence-electron chi connectivity index (χ3n) is 5.70. The van der Waals surface area contributed by atoms with Crippen LogP contribution in [0.3, 0.4) is 0 Å². The standard InChI is InChI=1S/C21H23N3O4/c1-27-20-4-3-13-8-19-15-9-18(23-12-26)17(22-11-25)7-14(15)5-6-24(19)10-16(13)21(20)28-2/h3-4,7,9,11-12,19H,5-6,8,10H2,1-2H3,(H,22,25)(H,23,26). The maximum absolute atomic E-state index is 11.0. The summed E-state index contributed by atoms with van der Waals surface area (Å²) in [7, 11) is 3.33. The number of nitrogens with zero attached hydrogens (tertiary/aromatic N) is 1. The van der Waals surface area contributed by atoms with Crippen molar-refractivity contribution in [2.24, 2.45) is 0 Å². The number of amides is 2. The average molecular weight is 381 g/mol. The first-order valence-electron chi connectivity index (χ1n) is 9.24. The second-order valence-electron chi connectivity index (χ2n) is 7.00. The molecule has 2 amide bonds. The summed E-state index contributed by atoms with van der Waals surface area (Å²) in [5.74, 6) is 1.55. The molecule has 2 N–H and O–H groups in total. The molecule has 2 aromatic rings. The first-order valence-corrected chi connectivity index (χ1v) is 9.24. The predicted molar refractivity (Wildman–Crippen MR) is 106 cm³/mol. The molecule has 7 nitrogen and oxygen atoms in total. The minimum absolute atomic E-state index is 0.215. The zero-order chi connectivity index (χ0) is 19.7. The molecule has 28 heavy (non-hydrogen) atoms. The van der Waals surface area contributed by atoms with E-state index in [1.165, 1.54) is 22.3 Å². The van der Waals surface area contributed by atoms with Gasteiger partial charge in [-0.15, -0.1) is 0 Å². The van der Waals surface area contributed by atoms with E-state index in [4.69, 9.17) is 9.47 Å². The van der Waals surface area contributed by atoms with Crippen LogP contribution in [-0.4, -0.2) is 38.5 Å². The number of hydrogen-bond acceptors (Lipinski definition) is 5. The Morgan fingerprint density at radius 2 is 1.79 bits per heavy atom. The number of carbonyl (C=O) groups excluding carboxylic acids is 2. The first-order chi connectivity index (χ1) is 13.7. The summed E-state index contributed by atoms with van der Waals surface area (Å²) in [4.78, 5) is 24.4. The predicted octanol–water partition coefficient (Wildman–Crippen LogP) is 2.50.